The Bertz CT molecular complexity index is 723. The fourth-order valence-electron chi connectivity index (χ4n) is 3.69. The summed E-state index contributed by atoms with van der Waals surface area (Å²) in [5.41, 5.74) is 1.89. The smallest absolute Gasteiger partial charge is 0.319 e. The molecule has 2 amide bonds. The summed E-state index contributed by atoms with van der Waals surface area (Å²) in [6.45, 7) is 8.23. The van der Waals surface area contributed by atoms with E-state index in [-0.39, 0.29) is 18.2 Å². The third-order valence-corrected chi connectivity index (χ3v) is 5.20. The molecule has 7 nitrogen and oxygen atoms in total. The van der Waals surface area contributed by atoms with Crippen LogP contribution in [-0.2, 0) is 11.3 Å². The molecule has 2 N–H and O–H groups in total. The Hall–Kier alpha value is -2.38. The van der Waals surface area contributed by atoms with Gasteiger partial charge in [0.25, 0.3) is 0 Å². The van der Waals surface area contributed by atoms with Crippen LogP contribution in [0.25, 0.3) is 0 Å². The van der Waals surface area contributed by atoms with E-state index in [4.69, 9.17) is 4.74 Å². The summed E-state index contributed by atoms with van der Waals surface area (Å²) in [5, 5.41) is 10.2. The van der Waals surface area contributed by atoms with E-state index in [0.29, 0.717) is 12.2 Å². The highest BCUT2D eigenvalue weighted by molar-refractivity contribution is 5.88. The monoisotopic (exact) mass is 385 g/mol. The minimum atomic E-state index is -0.218. The summed E-state index contributed by atoms with van der Waals surface area (Å²) >= 11 is 0. The molecular formula is C21H31N5O2. The number of likely N-dealkylation sites (N-methyl/N-ethyl adjacent to an activating group) is 1. The molecular weight excluding hydrogens is 354 g/mol. The van der Waals surface area contributed by atoms with Gasteiger partial charge in [-0.15, -0.1) is 0 Å². The summed E-state index contributed by atoms with van der Waals surface area (Å²) in [6.07, 6.45) is 5.92. The van der Waals surface area contributed by atoms with Crippen molar-refractivity contribution in [1.29, 1.82) is 0 Å². The number of carbonyl (C=O) groups is 1. The SMILES string of the molecule is CCN(CC)C(CNC(=O)Nc1cnn(CC2CCCO2)c1)c1ccccc1. The second kappa shape index (κ2) is 10.2. The van der Waals surface area contributed by atoms with Gasteiger partial charge in [-0.1, -0.05) is 44.2 Å². The largest absolute Gasteiger partial charge is 0.376 e. The molecule has 2 heterocycles. The van der Waals surface area contributed by atoms with E-state index in [2.05, 4.69) is 46.6 Å². The van der Waals surface area contributed by atoms with Gasteiger partial charge in [-0.3, -0.25) is 9.58 Å². The fraction of sp³-hybridized carbons (Fsp3) is 0.524. The number of benzene rings is 1. The number of rotatable bonds is 9. The molecule has 1 aliphatic rings. The lowest BCUT2D eigenvalue weighted by atomic mass is 10.1. The highest BCUT2D eigenvalue weighted by atomic mass is 16.5. The van der Waals surface area contributed by atoms with E-state index in [1.165, 1.54) is 5.56 Å². The zero-order valence-electron chi connectivity index (χ0n) is 16.8. The second-order valence-electron chi connectivity index (χ2n) is 7.07. The average Bonchev–Trinajstić information content (AvgIpc) is 3.38. The molecule has 0 saturated carbocycles. The van der Waals surface area contributed by atoms with Gasteiger partial charge in [0.2, 0.25) is 0 Å². The number of nitrogens with zero attached hydrogens (tertiary/aromatic N) is 3. The van der Waals surface area contributed by atoms with E-state index >= 15 is 0 Å². The first kappa shape index (κ1) is 20.4. The third kappa shape index (κ3) is 5.56. The van der Waals surface area contributed by atoms with Gasteiger partial charge in [-0.05, 0) is 31.5 Å². The van der Waals surface area contributed by atoms with Crippen LogP contribution in [0.1, 0.15) is 38.3 Å². The molecule has 1 saturated heterocycles. The maximum absolute atomic E-state index is 12.4. The van der Waals surface area contributed by atoms with Crippen LogP contribution in [0.15, 0.2) is 42.7 Å². The zero-order valence-corrected chi connectivity index (χ0v) is 16.8. The van der Waals surface area contributed by atoms with Gasteiger partial charge in [-0.25, -0.2) is 4.79 Å². The van der Waals surface area contributed by atoms with Crippen molar-refractivity contribution in [1.82, 2.24) is 20.0 Å². The van der Waals surface area contributed by atoms with Crippen molar-refractivity contribution in [3.63, 3.8) is 0 Å². The molecule has 1 aromatic heterocycles. The Morgan fingerprint density at radius 1 is 1.32 bits per heavy atom. The Balaban J connectivity index is 1.53. The van der Waals surface area contributed by atoms with Crippen LogP contribution >= 0.6 is 0 Å². The van der Waals surface area contributed by atoms with E-state index < -0.39 is 0 Å². The maximum Gasteiger partial charge on any atom is 0.319 e. The molecule has 2 aromatic rings. The van der Waals surface area contributed by atoms with Gasteiger partial charge >= 0.3 is 6.03 Å². The first-order valence-corrected chi connectivity index (χ1v) is 10.2. The molecule has 152 valence electrons. The van der Waals surface area contributed by atoms with Crippen molar-refractivity contribution in [2.75, 3.05) is 31.6 Å². The molecule has 3 rings (SSSR count). The van der Waals surface area contributed by atoms with E-state index in [9.17, 15) is 4.79 Å². The van der Waals surface area contributed by atoms with E-state index in [1.807, 2.05) is 29.1 Å². The Kier molecular flexibility index (Phi) is 7.45. The van der Waals surface area contributed by atoms with Crippen molar-refractivity contribution in [2.45, 2.75) is 45.4 Å². The minimum Gasteiger partial charge on any atom is -0.376 e. The molecule has 1 aliphatic heterocycles. The van der Waals surface area contributed by atoms with Crippen LogP contribution in [0, 0.1) is 0 Å². The van der Waals surface area contributed by atoms with Gasteiger partial charge in [0, 0.05) is 19.3 Å². The third-order valence-electron chi connectivity index (χ3n) is 5.20. The predicted octanol–water partition coefficient (Wildman–Crippen LogP) is 3.27. The van der Waals surface area contributed by atoms with Gasteiger partial charge in [0.15, 0.2) is 0 Å². The van der Waals surface area contributed by atoms with Crippen LogP contribution in [0.5, 0.6) is 0 Å². The lowest BCUT2D eigenvalue weighted by Crippen LogP contribution is -2.39. The van der Waals surface area contributed by atoms with Crippen molar-refractivity contribution in [3.05, 3.63) is 48.3 Å². The highest BCUT2D eigenvalue weighted by Gasteiger charge is 2.19. The number of amides is 2. The Morgan fingerprint density at radius 3 is 2.79 bits per heavy atom. The molecule has 2 atom stereocenters. The molecule has 2 unspecified atom stereocenters. The van der Waals surface area contributed by atoms with Gasteiger partial charge in [0.05, 0.1) is 30.6 Å². The molecule has 1 aromatic carbocycles. The quantitative estimate of drug-likeness (QED) is 0.695. The summed E-state index contributed by atoms with van der Waals surface area (Å²) in [7, 11) is 0. The molecule has 0 spiro atoms. The standard InChI is InChI=1S/C21H31N5O2/c1-3-25(4-2)20(17-9-6-5-7-10-17)14-22-21(27)24-18-13-23-26(15-18)16-19-11-8-12-28-19/h5-7,9-10,13,15,19-20H,3-4,8,11-12,14,16H2,1-2H3,(H2,22,24,27). The van der Waals surface area contributed by atoms with Crippen LogP contribution in [0.4, 0.5) is 10.5 Å². The van der Waals surface area contributed by atoms with Gasteiger partial charge in [0.1, 0.15) is 0 Å². The number of aromatic nitrogens is 2. The molecule has 0 bridgehead atoms. The Labute approximate surface area is 167 Å². The lowest BCUT2D eigenvalue weighted by Gasteiger charge is -2.30. The normalized spacial score (nSPS) is 17.6. The summed E-state index contributed by atoms with van der Waals surface area (Å²) < 4.78 is 7.46. The van der Waals surface area contributed by atoms with E-state index in [0.717, 1.165) is 39.1 Å². The number of anilines is 1. The van der Waals surface area contributed by atoms with Gasteiger partial charge < -0.3 is 15.4 Å². The minimum absolute atomic E-state index is 0.143. The molecule has 28 heavy (non-hydrogen) atoms. The van der Waals surface area contributed by atoms with Crippen LogP contribution in [0.3, 0.4) is 0 Å². The van der Waals surface area contributed by atoms with Crippen molar-refractivity contribution >= 4 is 11.7 Å². The summed E-state index contributed by atoms with van der Waals surface area (Å²) in [6, 6.07) is 10.2. The fourth-order valence-corrected chi connectivity index (χ4v) is 3.69. The van der Waals surface area contributed by atoms with Crippen LogP contribution in [-0.4, -0.2) is 53.1 Å². The number of urea groups is 1. The van der Waals surface area contributed by atoms with E-state index in [1.54, 1.807) is 6.20 Å². The summed E-state index contributed by atoms with van der Waals surface area (Å²) in [4.78, 5) is 14.7. The first-order valence-electron chi connectivity index (χ1n) is 10.2. The second-order valence-corrected chi connectivity index (χ2v) is 7.07. The van der Waals surface area contributed by atoms with Crippen LogP contribution in [0.2, 0.25) is 0 Å². The number of hydrogen-bond acceptors (Lipinski definition) is 4. The number of hydrogen-bond donors (Lipinski definition) is 2. The number of carbonyl (C=O) groups excluding carboxylic acids is 1. The molecule has 7 heteroatoms. The maximum atomic E-state index is 12.4. The number of nitrogens with one attached hydrogen (secondary N) is 2. The number of ether oxygens (including phenoxy) is 1. The molecule has 0 aliphatic carbocycles. The zero-order chi connectivity index (χ0) is 19.8. The molecule has 1 fully saturated rings. The summed E-state index contributed by atoms with van der Waals surface area (Å²) in [5.74, 6) is 0. The first-order chi connectivity index (χ1) is 13.7. The van der Waals surface area contributed by atoms with Crippen molar-refractivity contribution in [2.24, 2.45) is 0 Å². The average molecular weight is 386 g/mol. The predicted molar refractivity (Wildman–Crippen MR) is 110 cm³/mol. The highest BCUT2D eigenvalue weighted by Crippen LogP contribution is 2.19. The van der Waals surface area contributed by atoms with Gasteiger partial charge in [-0.2, -0.15) is 5.10 Å². The topological polar surface area (TPSA) is 71.4 Å². The van der Waals surface area contributed by atoms with Crippen molar-refractivity contribution < 1.29 is 9.53 Å². The Morgan fingerprint density at radius 2 is 2.11 bits per heavy atom. The van der Waals surface area contributed by atoms with Crippen molar-refractivity contribution in [3.8, 4) is 0 Å². The molecule has 0 radical (unpaired) electrons. The lowest BCUT2D eigenvalue weighted by molar-refractivity contribution is 0.0940. The van der Waals surface area contributed by atoms with Crippen LogP contribution < -0.4 is 10.6 Å².